The summed E-state index contributed by atoms with van der Waals surface area (Å²) in [5.74, 6) is -1.27. The molecule has 5 nitrogen and oxygen atoms in total. The molecule has 0 aliphatic rings. The zero-order chi connectivity index (χ0) is 9.84. The van der Waals surface area contributed by atoms with Gasteiger partial charge in [0.1, 0.15) is 5.56 Å². The summed E-state index contributed by atoms with van der Waals surface area (Å²) < 4.78 is 1.18. The number of hydrogen-bond donors (Lipinski definition) is 1. The highest BCUT2D eigenvalue weighted by molar-refractivity contribution is 5.86. The molecule has 1 aromatic heterocycles. The van der Waals surface area contributed by atoms with Gasteiger partial charge in [-0.3, -0.25) is 9.36 Å². The van der Waals surface area contributed by atoms with Crippen LogP contribution in [-0.4, -0.2) is 20.6 Å². The first-order chi connectivity index (χ1) is 6.16. The Balaban J connectivity index is 3.26. The van der Waals surface area contributed by atoms with Crippen LogP contribution in [-0.2, 0) is 6.54 Å². The van der Waals surface area contributed by atoms with Gasteiger partial charge in [0, 0.05) is 12.7 Å². The van der Waals surface area contributed by atoms with Crippen LogP contribution in [0.25, 0.3) is 0 Å². The maximum absolute atomic E-state index is 11.3. The summed E-state index contributed by atoms with van der Waals surface area (Å²) in [5, 5.41) is 8.58. The van der Waals surface area contributed by atoms with E-state index in [1.807, 2.05) is 0 Å². The molecule has 0 unspecified atom stereocenters. The molecule has 0 radical (unpaired) electrons. The lowest BCUT2D eigenvalue weighted by Crippen LogP contribution is -2.26. The van der Waals surface area contributed by atoms with Gasteiger partial charge in [-0.15, -0.1) is 6.58 Å². The van der Waals surface area contributed by atoms with Crippen molar-refractivity contribution >= 4 is 5.97 Å². The monoisotopic (exact) mass is 180 g/mol. The van der Waals surface area contributed by atoms with E-state index >= 15 is 0 Å². The second-order valence-electron chi connectivity index (χ2n) is 2.36. The van der Waals surface area contributed by atoms with E-state index in [0.717, 1.165) is 6.20 Å². The topological polar surface area (TPSA) is 72.2 Å². The molecular weight excluding hydrogens is 172 g/mol. The Labute approximate surface area is 74.0 Å². The summed E-state index contributed by atoms with van der Waals surface area (Å²) in [7, 11) is 0. The molecule has 0 atom stereocenters. The number of aromatic carboxylic acids is 1. The molecule has 0 saturated heterocycles. The highest BCUT2D eigenvalue weighted by Crippen LogP contribution is 1.88. The van der Waals surface area contributed by atoms with Gasteiger partial charge >= 0.3 is 5.97 Å². The molecule has 0 aliphatic carbocycles. The van der Waals surface area contributed by atoms with E-state index in [9.17, 15) is 9.59 Å². The fourth-order valence-electron chi connectivity index (χ4n) is 0.867. The Morgan fingerprint density at radius 2 is 2.46 bits per heavy atom. The lowest BCUT2D eigenvalue weighted by atomic mass is 10.3. The molecule has 1 aromatic rings. The number of rotatable bonds is 3. The normalized spacial score (nSPS) is 9.54. The molecular formula is C8H8N2O3. The van der Waals surface area contributed by atoms with Gasteiger partial charge in [0.05, 0.1) is 6.33 Å². The standard InChI is InChI=1S/C8H8N2O3/c1-2-3-10-5-9-4-6(7(10)11)8(12)13/h2,4-5H,1,3H2,(H,12,13). The Hall–Kier alpha value is -1.91. The van der Waals surface area contributed by atoms with Crippen LogP contribution in [0.5, 0.6) is 0 Å². The molecule has 0 spiro atoms. The second-order valence-corrected chi connectivity index (χ2v) is 2.36. The van der Waals surface area contributed by atoms with Crippen molar-refractivity contribution in [3.05, 3.63) is 41.1 Å². The first-order valence-electron chi connectivity index (χ1n) is 3.55. The summed E-state index contributed by atoms with van der Waals surface area (Å²) in [6.07, 6.45) is 3.80. The SMILES string of the molecule is C=CCn1cncc(C(=O)O)c1=O. The minimum Gasteiger partial charge on any atom is -0.477 e. The highest BCUT2D eigenvalue weighted by Gasteiger charge is 2.09. The summed E-state index contributed by atoms with van der Waals surface area (Å²) in [5.41, 5.74) is -0.897. The summed E-state index contributed by atoms with van der Waals surface area (Å²) >= 11 is 0. The number of hydrogen-bond acceptors (Lipinski definition) is 3. The first kappa shape index (κ1) is 9.18. The third kappa shape index (κ3) is 1.81. The maximum atomic E-state index is 11.3. The fourth-order valence-corrected chi connectivity index (χ4v) is 0.867. The van der Waals surface area contributed by atoms with Crippen molar-refractivity contribution in [1.82, 2.24) is 9.55 Å². The predicted octanol–water partition coefficient (Wildman–Crippen LogP) is 0.127. The Bertz CT molecular complexity index is 395. The van der Waals surface area contributed by atoms with Crippen molar-refractivity contribution in [2.24, 2.45) is 0 Å². The Morgan fingerprint density at radius 3 is 3.00 bits per heavy atom. The minimum atomic E-state index is -1.27. The largest absolute Gasteiger partial charge is 0.477 e. The molecule has 5 heteroatoms. The van der Waals surface area contributed by atoms with Crippen molar-refractivity contribution in [1.29, 1.82) is 0 Å². The van der Waals surface area contributed by atoms with Crippen LogP contribution in [0.2, 0.25) is 0 Å². The first-order valence-corrected chi connectivity index (χ1v) is 3.55. The average Bonchev–Trinajstić information content (AvgIpc) is 2.08. The average molecular weight is 180 g/mol. The van der Waals surface area contributed by atoms with Crippen molar-refractivity contribution in [2.45, 2.75) is 6.54 Å². The van der Waals surface area contributed by atoms with Crippen LogP contribution in [0.3, 0.4) is 0 Å². The third-order valence-electron chi connectivity index (χ3n) is 1.46. The van der Waals surface area contributed by atoms with Gasteiger partial charge in [0.15, 0.2) is 0 Å². The predicted molar refractivity (Wildman–Crippen MR) is 45.7 cm³/mol. The molecule has 13 heavy (non-hydrogen) atoms. The van der Waals surface area contributed by atoms with Gasteiger partial charge in [0.25, 0.3) is 5.56 Å². The molecule has 0 amide bonds. The lowest BCUT2D eigenvalue weighted by molar-refractivity contribution is 0.0693. The van der Waals surface area contributed by atoms with Crippen LogP contribution >= 0.6 is 0 Å². The van der Waals surface area contributed by atoms with Gasteiger partial charge in [-0.2, -0.15) is 0 Å². The Kier molecular flexibility index (Phi) is 2.59. The van der Waals surface area contributed by atoms with Crippen LogP contribution in [0.4, 0.5) is 0 Å². The molecule has 0 aliphatic heterocycles. The van der Waals surface area contributed by atoms with Crippen molar-refractivity contribution in [2.75, 3.05) is 0 Å². The number of allylic oxidation sites excluding steroid dienone is 1. The number of carboxylic acids is 1. The lowest BCUT2D eigenvalue weighted by Gasteiger charge is -2.00. The van der Waals surface area contributed by atoms with Crippen LogP contribution in [0.15, 0.2) is 30.0 Å². The van der Waals surface area contributed by atoms with Crippen molar-refractivity contribution < 1.29 is 9.90 Å². The van der Waals surface area contributed by atoms with Gasteiger partial charge in [-0.25, -0.2) is 9.78 Å². The van der Waals surface area contributed by atoms with E-state index in [0.29, 0.717) is 0 Å². The van der Waals surface area contributed by atoms with Crippen LogP contribution < -0.4 is 5.56 Å². The van der Waals surface area contributed by atoms with Crippen molar-refractivity contribution in [3.8, 4) is 0 Å². The van der Waals surface area contributed by atoms with Crippen molar-refractivity contribution in [3.63, 3.8) is 0 Å². The summed E-state index contributed by atoms with van der Waals surface area (Å²) in [6.45, 7) is 3.69. The molecule has 68 valence electrons. The second kappa shape index (κ2) is 3.66. The molecule has 1 heterocycles. The van der Waals surface area contributed by atoms with E-state index in [1.54, 1.807) is 0 Å². The molecule has 0 bridgehead atoms. The summed E-state index contributed by atoms with van der Waals surface area (Å²) in [4.78, 5) is 25.4. The van der Waals surface area contributed by atoms with E-state index in [1.165, 1.54) is 17.0 Å². The molecule has 1 N–H and O–H groups in total. The number of nitrogens with zero attached hydrogens (tertiary/aromatic N) is 2. The quantitative estimate of drug-likeness (QED) is 0.671. The summed E-state index contributed by atoms with van der Waals surface area (Å²) in [6, 6.07) is 0. The van der Waals surface area contributed by atoms with Crippen LogP contribution in [0, 0.1) is 0 Å². The number of aromatic nitrogens is 2. The minimum absolute atomic E-state index is 0.257. The van der Waals surface area contributed by atoms with Gasteiger partial charge in [-0.1, -0.05) is 6.08 Å². The van der Waals surface area contributed by atoms with E-state index in [2.05, 4.69) is 11.6 Å². The Morgan fingerprint density at radius 1 is 1.77 bits per heavy atom. The molecule has 0 aromatic carbocycles. The van der Waals surface area contributed by atoms with Crippen LogP contribution in [0.1, 0.15) is 10.4 Å². The van der Waals surface area contributed by atoms with Gasteiger partial charge in [-0.05, 0) is 0 Å². The molecule has 0 fully saturated rings. The van der Waals surface area contributed by atoms with E-state index < -0.39 is 11.5 Å². The number of carboxylic acid groups (broad SMARTS) is 1. The fraction of sp³-hybridized carbons (Fsp3) is 0.125. The zero-order valence-corrected chi connectivity index (χ0v) is 6.80. The maximum Gasteiger partial charge on any atom is 0.342 e. The van der Waals surface area contributed by atoms with Gasteiger partial charge < -0.3 is 5.11 Å². The molecule has 1 rings (SSSR count). The number of carbonyl (C=O) groups is 1. The zero-order valence-electron chi connectivity index (χ0n) is 6.80. The third-order valence-corrected chi connectivity index (χ3v) is 1.46. The van der Waals surface area contributed by atoms with Gasteiger partial charge in [0.2, 0.25) is 0 Å². The van der Waals surface area contributed by atoms with E-state index in [4.69, 9.17) is 5.11 Å². The molecule has 0 saturated carbocycles. The van der Waals surface area contributed by atoms with E-state index in [-0.39, 0.29) is 12.1 Å². The smallest absolute Gasteiger partial charge is 0.342 e. The highest BCUT2D eigenvalue weighted by atomic mass is 16.4.